The van der Waals surface area contributed by atoms with E-state index in [-0.39, 0.29) is 5.82 Å². The summed E-state index contributed by atoms with van der Waals surface area (Å²) in [4.78, 5) is 0. The van der Waals surface area contributed by atoms with Crippen LogP contribution in [0.15, 0.2) is 65.8 Å². The molecule has 1 N–H and O–H groups in total. The summed E-state index contributed by atoms with van der Waals surface area (Å²) >= 11 is 0. The van der Waals surface area contributed by atoms with Crippen molar-refractivity contribution in [3.63, 3.8) is 0 Å². The van der Waals surface area contributed by atoms with E-state index in [2.05, 4.69) is 16.6 Å². The van der Waals surface area contributed by atoms with Crippen LogP contribution in [0.25, 0.3) is 10.8 Å². The van der Waals surface area contributed by atoms with Crippen molar-refractivity contribution in [2.24, 2.45) is 5.10 Å². The average molecular weight is 308 g/mol. The summed E-state index contributed by atoms with van der Waals surface area (Å²) in [6.45, 7) is 1.93. The maximum absolute atomic E-state index is 12.9. The summed E-state index contributed by atoms with van der Waals surface area (Å²) < 4.78 is 18.1. The van der Waals surface area contributed by atoms with Crippen LogP contribution in [-0.4, -0.2) is 12.8 Å². The van der Waals surface area contributed by atoms with E-state index in [0.717, 1.165) is 33.5 Å². The van der Waals surface area contributed by atoms with Gasteiger partial charge in [0, 0.05) is 0 Å². The number of hydrogen-bond acceptors (Lipinski definition) is 3. The van der Waals surface area contributed by atoms with Gasteiger partial charge in [0.2, 0.25) is 0 Å². The largest absolute Gasteiger partial charge is 0.497 e. The summed E-state index contributed by atoms with van der Waals surface area (Å²) in [5.41, 5.74) is 5.56. The Kier molecular flexibility index (Phi) is 4.24. The number of halogens is 1. The standard InChI is InChI=1S/C19H17FN2O/c1-13(21-22-18-8-6-17(20)7-9-18)14-3-4-16-12-19(23-2)10-5-15(16)11-14/h3-12,22H,1-2H3/b21-13+. The van der Waals surface area contributed by atoms with Gasteiger partial charge in [-0.1, -0.05) is 18.2 Å². The molecule has 0 saturated heterocycles. The highest BCUT2D eigenvalue weighted by atomic mass is 19.1. The number of nitrogens with one attached hydrogen (secondary N) is 1. The van der Waals surface area contributed by atoms with Crippen molar-refractivity contribution >= 4 is 22.2 Å². The van der Waals surface area contributed by atoms with Gasteiger partial charge in [-0.2, -0.15) is 5.10 Å². The molecule has 0 fully saturated rings. The molecule has 0 aromatic heterocycles. The van der Waals surface area contributed by atoms with E-state index < -0.39 is 0 Å². The molecule has 23 heavy (non-hydrogen) atoms. The van der Waals surface area contributed by atoms with E-state index >= 15 is 0 Å². The second-order valence-corrected chi connectivity index (χ2v) is 5.24. The van der Waals surface area contributed by atoms with Gasteiger partial charge in [-0.25, -0.2) is 4.39 Å². The lowest BCUT2D eigenvalue weighted by atomic mass is 10.0. The number of anilines is 1. The highest BCUT2D eigenvalue weighted by Crippen LogP contribution is 2.22. The van der Waals surface area contributed by atoms with Crippen LogP contribution in [0, 0.1) is 5.82 Å². The van der Waals surface area contributed by atoms with Crippen LogP contribution in [0.5, 0.6) is 5.75 Å². The fraction of sp³-hybridized carbons (Fsp3) is 0.105. The number of rotatable bonds is 4. The van der Waals surface area contributed by atoms with Crippen LogP contribution >= 0.6 is 0 Å². The van der Waals surface area contributed by atoms with E-state index in [0.29, 0.717) is 0 Å². The molecule has 0 bridgehead atoms. The Bertz CT molecular complexity index is 857. The predicted molar refractivity (Wildman–Crippen MR) is 92.7 cm³/mol. The molecule has 0 aliphatic carbocycles. The summed E-state index contributed by atoms with van der Waals surface area (Å²) in [7, 11) is 1.66. The highest BCUT2D eigenvalue weighted by Gasteiger charge is 2.02. The van der Waals surface area contributed by atoms with Crippen LogP contribution < -0.4 is 10.2 Å². The Morgan fingerprint density at radius 1 is 0.957 bits per heavy atom. The molecule has 0 amide bonds. The van der Waals surface area contributed by atoms with Crippen molar-refractivity contribution in [3.05, 3.63) is 72.0 Å². The minimum atomic E-state index is -0.263. The maximum atomic E-state index is 12.9. The molecule has 3 nitrogen and oxygen atoms in total. The summed E-state index contributed by atoms with van der Waals surface area (Å²) in [5.74, 6) is 0.579. The SMILES string of the molecule is COc1ccc2cc(/C(C)=N/Nc3ccc(F)cc3)ccc2c1. The number of benzene rings is 3. The first-order chi connectivity index (χ1) is 11.2. The summed E-state index contributed by atoms with van der Waals surface area (Å²) in [5, 5.41) is 6.60. The molecule has 0 unspecified atom stereocenters. The molecular formula is C19H17FN2O. The molecule has 0 saturated carbocycles. The van der Waals surface area contributed by atoms with Gasteiger partial charge in [-0.3, -0.25) is 5.43 Å². The number of nitrogens with zero attached hydrogens (tertiary/aromatic N) is 1. The van der Waals surface area contributed by atoms with Crippen molar-refractivity contribution < 1.29 is 9.13 Å². The van der Waals surface area contributed by atoms with Crippen LogP contribution in [0.4, 0.5) is 10.1 Å². The molecular weight excluding hydrogens is 291 g/mol. The Labute approximate surface area is 134 Å². The molecule has 0 radical (unpaired) electrons. The van der Waals surface area contributed by atoms with Crippen molar-refractivity contribution in [3.8, 4) is 5.75 Å². The van der Waals surface area contributed by atoms with Crippen molar-refractivity contribution in [2.45, 2.75) is 6.92 Å². The highest BCUT2D eigenvalue weighted by molar-refractivity contribution is 6.02. The van der Waals surface area contributed by atoms with Crippen molar-refractivity contribution in [1.82, 2.24) is 0 Å². The van der Waals surface area contributed by atoms with Gasteiger partial charge in [-0.15, -0.1) is 0 Å². The second-order valence-electron chi connectivity index (χ2n) is 5.24. The number of fused-ring (bicyclic) bond motifs is 1. The Morgan fingerprint density at radius 2 is 1.65 bits per heavy atom. The zero-order chi connectivity index (χ0) is 16.2. The quantitative estimate of drug-likeness (QED) is 0.553. The minimum Gasteiger partial charge on any atom is -0.497 e. The Hall–Kier alpha value is -2.88. The molecule has 0 spiro atoms. The molecule has 0 aliphatic rings. The fourth-order valence-corrected chi connectivity index (χ4v) is 2.31. The van der Waals surface area contributed by atoms with Crippen LogP contribution in [0.1, 0.15) is 12.5 Å². The van der Waals surface area contributed by atoms with E-state index in [1.54, 1.807) is 19.2 Å². The van der Waals surface area contributed by atoms with E-state index in [1.165, 1.54) is 12.1 Å². The predicted octanol–water partition coefficient (Wildman–Crippen LogP) is 4.82. The van der Waals surface area contributed by atoms with Gasteiger partial charge >= 0.3 is 0 Å². The van der Waals surface area contributed by atoms with Crippen molar-refractivity contribution in [1.29, 1.82) is 0 Å². The van der Waals surface area contributed by atoms with Crippen LogP contribution in [0.2, 0.25) is 0 Å². The monoisotopic (exact) mass is 308 g/mol. The van der Waals surface area contributed by atoms with Gasteiger partial charge < -0.3 is 4.74 Å². The van der Waals surface area contributed by atoms with E-state index in [1.807, 2.05) is 37.3 Å². The average Bonchev–Trinajstić information content (AvgIpc) is 2.60. The number of ether oxygens (including phenoxy) is 1. The Morgan fingerprint density at radius 3 is 2.39 bits per heavy atom. The third kappa shape index (κ3) is 3.48. The lowest BCUT2D eigenvalue weighted by molar-refractivity contribution is 0.415. The number of hydrazone groups is 1. The summed E-state index contributed by atoms with van der Waals surface area (Å²) in [6.07, 6.45) is 0. The van der Waals surface area contributed by atoms with Gasteiger partial charge in [-0.05, 0) is 65.7 Å². The van der Waals surface area contributed by atoms with Crippen LogP contribution in [0.3, 0.4) is 0 Å². The van der Waals surface area contributed by atoms with Crippen LogP contribution in [-0.2, 0) is 0 Å². The van der Waals surface area contributed by atoms with E-state index in [9.17, 15) is 4.39 Å². The zero-order valence-electron chi connectivity index (χ0n) is 13.0. The fourth-order valence-electron chi connectivity index (χ4n) is 2.31. The topological polar surface area (TPSA) is 33.6 Å². The lowest BCUT2D eigenvalue weighted by Crippen LogP contribution is -1.99. The van der Waals surface area contributed by atoms with Gasteiger partial charge in [0.15, 0.2) is 0 Å². The lowest BCUT2D eigenvalue weighted by Gasteiger charge is -2.06. The molecule has 4 heteroatoms. The van der Waals surface area contributed by atoms with Gasteiger partial charge in [0.25, 0.3) is 0 Å². The third-order valence-corrected chi connectivity index (χ3v) is 3.66. The molecule has 3 aromatic rings. The molecule has 116 valence electrons. The first-order valence-electron chi connectivity index (χ1n) is 7.30. The van der Waals surface area contributed by atoms with Gasteiger partial charge in [0.05, 0.1) is 18.5 Å². The summed E-state index contributed by atoms with van der Waals surface area (Å²) in [6, 6.07) is 18.2. The zero-order valence-corrected chi connectivity index (χ0v) is 13.0. The smallest absolute Gasteiger partial charge is 0.123 e. The molecule has 0 aliphatic heterocycles. The maximum Gasteiger partial charge on any atom is 0.123 e. The molecule has 3 rings (SSSR count). The first kappa shape index (κ1) is 15.0. The molecule has 3 aromatic carbocycles. The minimum absolute atomic E-state index is 0.263. The molecule has 0 heterocycles. The number of hydrogen-bond donors (Lipinski definition) is 1. The number of methoxy groups -OCH3 is 1. The normalized spacial score (nSPS) is 11.5. The second kappa shape index (κ2) is 6.48. The van der Waals surface area contributed by atoms with Gasteiger partial charge in [0.1, 0.15) is 11.6 Å². The first-order valence-corrected chi connectivity index (χ1v) is 7.30. The Balaban J connectivity index is 1.83. The van der Waals surface area contributed by atoms with E-state index in [4.69, 9.17) is 4.74 Å². The third-order valence-electron chi connectivity index (χ3n) is 3.66. The molecule has 0 atom stereocenters. The van der Waals surface area contributed by atoms with Crippen molar-refractivity contribution in [2.75, 3.05) is 12.5 Å².